The molecule has 3 aromatic carbocycles. The van der Waals surface area contributed by atoms with Crippen LogP contribution in [0.15, 0.2) is 93.7 Å². The van der Waals surface area contributed by atoms with E-state index in [4.69, 9.17) is 17.3 Å². The molecule has 6 rings (SSSR count). The van der Waals surface area contributed by atoms with E-state index in [2.05, 4.69) is 9.88 Å². The van der Waals surface area contributed by atoms with E-state index >= 15 is 0 Å². The van der Waals surface area contributed by atoms with Gasteiger partial charge in [0.05, 0.1) is 22.7 Å². The lowest BCUT2D eigenvalue weighted by Crippen LogP contribution is -2.29. The molecule has 1 amide bonds. The standard InChI is InChI=1S/C30H25ClN4O5S2.H2S/c31-19-8-6-7-18(15-19)26-25(27(36)22-12-11-20(32)16-23(22)34-13-4-5-14-34)28(37)29(38)35(26)30-33-17-24(41-30)42(39,40)21-9-2-1-3-10-21;/h1-3,6-12,15-17,26,36H,4-5,13-14,32H2;1H2. The number of carbonyl (C=O) groups is 2. The molecule has 3 N–H and O–H groups in total. The number of nitrogen functional groups attached to an aromatic ring is 1. The fraction of sp³-hybridized carbons (Fsp3) is 0.167. The molecular formula is C30H27ClN4O5S3. The summed E-state index contributed by atoms with van der Waals surface area (Å²) in [5.74, 6) is -2.24. The molecule has 2 saturated heterocycles. The van der Waals surface area contributed by atoms with Gasteiger partial charge in [0.2, 0.25) is 9.84 Å². The number of hydrogen-bond donors (Lipinski definition) is 2. The van der Waals surface area contributed by atoms with Crippen molar-refractivity contribution in [3.63, 3.8) is 0 Å². The SMILES string of the molecule is Nc1ccc(C(O)=C2C(=O)C(=O)N(c3ncc(S(=O)(=O)c4ccccc4)s3)C2c2cccc(Cl)c2)c(N2CCCC2)c1.S. The zero-order chi connectivity index (χ0) is 29.6. The number of carbonyl (C=O) groups excluding carboxylic acids is 2. The summed E-state index contributed by atoms with van der Waals surface area (Å²) in [7, 11) is -3.93. The minimum atomic E-state index is -3.93. The predicted octanol–water partition coefficient (Wildman–Crippen LogP) is 5.55. The van der Waals surface area contributed by atoms with Crippen LogP contribution in [0.5, 0.6) is 0 Å². The van der Waals surface area contributed by atoms with Gasteiger partial charge in [-0.2, -0.15) is 13.5 Å². The second-order valence-corrected chi connectivity index (χ2v) is 13.6. The quantitative estimate of drug-likeness (QED) is 0.120. The fourth-order valence-electron chi connectivity index (χ4n) is 5.34. The maximum absolute atomic E-state index is 13.7. The van der Waals surface area contributed by atoms with Gasteiger partial charge in [0.1, 0.15) is 9.97 Å². The Balaban J connectivity index is 0.00000368. The molecule has 0 radical (unpaired) electrons. The molecule has 1 unspecified atom stereocenters. The van der Waals surface area contributed by atoms with E-state index in [0.29, 0.717) is 27.5 Å². The summed E-state index contributed by atoms with van der Waals surface area (Å²) < 4.78 is 26.4. The van der Waals surface area contributed by atoms with Gasteiger partial charge in [-0.05, 0) is 60.9 Å². The highest BCUT2D eigenvalue weighted by molar-refractivity contribution is 7.93. The maximum atomic E-state index is 13.7. The number of aliphatic hydroxyl groups is 1. The van der Waals surface area contributed by atoms with E-state index in [-0.39, 0.29) is 39.1 Å². The molecular weight excluding hydrogens is 628 g/mol. The summed E-state index contributed by atoms with van der Waals surface area (Å²) in [6.07, 6.45) is 3.11. The third-order valence-corrected chi connectivity index (χ3v) is 10.8. The van der Waals surface area contributed by atoms with Crippen LogP contribution in [-0.2, 0) is 19.4 Å². The molecule has 43 heavy (non-hydrogen) atoms. The Morgan fingerprint density at radius 1 is 1.00 bits per heavy atom. The first-order valence-electron chi connectivity index (χ1n) is 13.1. The molecule has 222 valence electrons. The summed E-state index contributed by atoms with van der Waals surface area (Å²) in [4.78, 5) is 34.8. The second kappa shape index (κ2) is 12.0. The minimum Gasteiger partial charge on any atom is -0.507 e. The third kappa shape index (κ3) is 5.51. The molecule has 2 aliphatic rings. The van der Waals surface area contributed by atoms with Crippen molar-refractivity contribution in [1.82, 2.24) is 4.98 Å². The van der Waals surface area contributed by atoms with Crippen LogP contribution >= 0.6 is 36.4 Å². The number of Topliss-reactive ketones (excluding diaryl/α,β-unsaturated/α-hetero) is 1. The van der Waals surface area contributed by atoms with E-state index < -0.39 is 27.6 Å². The number of amides is 1. The van der Waals surface area contributed by atoms with Crippen molar-refractivity contribution in [2.24, 2.45) is 0 Å². The summed E-state index contributed by atoms with van der Waals surface area (Å²) in [6.45, 7) is 1.52. The number of hydrogen-bond acceptors (Lipinski definition) is 9. The number of thiazole rings is 1. The van der Waals surface area contributed by atoms with Crippen molar-refractivity contribution in [3.8, 4) is 0 Å². The van der Waals surface area contributed by atoms with Gasteiger partial charge in [-0.15, -0.1) is 0 Å². The first-order valence-corrected chi connectivity index (χ1v) is 15.8. The number of nitrogens with zero attached hydrogens (tertiary/aromatic N) is 3. The zero-order valence-electron chi connectivity index (χ0n) is 22.6. The maximum Gasteiger partial charge on any atom is 0.301 e. The monoisotopic (exact) mass is 654 g/mol. The Hall–Kier alpha value is -3.84. The number of halogens is 1. The highest BCUT2D eigenvalue weighted by Gasteiger charge is 2.48. The first kappa shape index (κ1) is 30.6. The van der Waals surface area contributed by atoms with Gasteiger partial charge < -0.3 is 15.7 Å². The third-order valence-electron chi connectivity index (χ3n) is 7.33. The lowest BCUT2D eigenvalue weighted by atomic mass is 9.94. The van der Waals surface area contributed by atoms with E-state index in [9.17, 15) is 23.1 Å². The van der Waals surface area contributed by atoms with E-state index in [1.54, 1.807) is 60.7 Å². The van der Waals surface area contributed by atoms with Gasteiger partial charge in [-0.3, -0.25) is 14.5 Å². The Morgan fingerprint density at radius 3 is 2.42 bits per heavy atom. The van der Waals surface area contributed by atoms with Crippen LogP contribution in [0.25, 0.3) is 5.76 Å². The van der Waals surface area contributed by atoms with Crippen LogP contribution in [0.2, 0.25) is 5.02 Å². The average molecular weight is 655 g/mol. The lowest BCUT2D eigenvalue weighted by molar-refractivity contribution is -0.132. The summed E-state index contributed by atoms with van der Waals surface area (Å²) in [6, 6.07) is 18.3. The first-order chi connectivity index (χ1) is 20.2. The van der Waals surface area contributed by atoms with E-state index in [1.807, 2.05) is 0 Å². The second-order valence-electron chi connectivity index (χ2n) is 9.97. The summed E-state index contributed by atoms with van der Waals surface area (Å²) in [5.41, 5.74) is 7.90. The summed E-state index contributed by atoms with van der Waals surface area (Å²) >= 11 is 7.08. The molecule has 4 aromatic rings. The van der Waals surface area contributed by atoms with Crippen molar-refractivity contribution in [1.29, 1.82) is 0 Å². The van der Waals surface area contributed by atoms with Crippen LogP contribution in [0, 0.1) is 0 Å². The highest BCUT2D eigenvalue weighted by Crippen LogP contribution is 2.46. The highest BCUT2D eigenvalue weighted by atomic mass is 35.5. The molecule has 13 heteroatoms. The molecule has 2 aliphatic heterocycles. The van der Waals surface area contributed by atoms with E-state index in [0.717, 1.165) is 42.2 Å². The number of ketones is 1. The average Bonchev–Trinajstić information content (AvgIpc) is 3.74. The Labute approximate surface area is 264 Å². The zero-order valence-corrected chi connectivity index (χ0v) is 26.0. The molecule has 1 atom stereocenters. The normalized spacial score (nSPS) is 18.2. The largest absolute Gasteiger partial charge is 0.507 e. The fourth-order valence-corrected chi connectivity index (χ4v) is 8.10. The van der Waals surface area contributed by atoms with Gasteiger partial charge in [-0.1, -0.05) is 53.3 Å². The van der Waals surface area contributed by atoms with Crippen molar-refractivity contribution in [2.75, 3.05) is 28.6 Å². The molecule has 3 heterocycles. The Morgan fingerprint density at radius 2 is 1.72 bits per heavy atom. The van der Waals surface area contributed by atoms with Crippen LogP contribution in [0.1, 0.15) is 30.0 Å². The van der Waals surface area contributed by atoms with Gasteiger partial charge in [0.15, 0.2) is 5.13 Å². The summed E-state index contributed by atoms with van der Waals surface area (Å²) in [5, 5.41) is 12.1. The predicted molar refractivity (Wildman–Crippen MR) is 173 cm³/mol. The number of benzene rings is 3. The van der Waals surface area contributed by atoms with Crippen LogP contribution in [-0.4, -0.2) is 43.3 Å². The molecule has 0 aliphatic carbocycles. The smallest absolute Gasteiger partial charge is 0.301 e. The number of nitrogens with two attached hydrogens (primary N) is 1. The number of rotatable bonds is 6. The topological polar surface area (TPSA) is 134 Å². The van der Waals surface area contributed by atoms with Crippen molar-refractivity contribution >= 4 is 80.2 Å². The molecule has 0 saturated carbocycles. The van der Waals surface area contributed by atoms with Crippen LogP contribution in [0.4, 0.5) is 16.5 Å². The van der Waals surface area contributed by atoms with Crippen LogP contribution < -0.4 is 15.5 Å². The number of aromatic nitrogens is 1. The van der Waals surface area contributed by atoms with Gasteiger partial charge in [0.25, 0.3) is 5.78 Å². The molecule has 1 aromatic heterocycles. The number of anilines is 3. The molecule has 9 nitrogen and oxygen atoms in total. The lowest BCUT2D eigenvalue weighted by Gasteiger charge is -2.25. The number of sulfone groups is 1. The van der Waals surface area contributed by atoms with Crippen molar-refractivity contribution in [2.45, 2.75) is 28.0 Å². The van der Waals surface area contributed by atoms with Gasteiger partial charge >= 0.3 is 5.91 Å². The van der Waals surface area contributed by atoms with Gasteiger partial charge in [-0.25, -0.2) is 13.4 Å². The van der Waals surface area contributed by atoms with Gasteiger partial charge in [0, 0.05) is 35.1 Å². The van der Waals surface area contributed by atoms with Crippen molar-refractivity contribution < 1.29 is 23.1 Å². The Bertz CT molecular complexity index is 1850. The van der Waals surface area contributed by atoms with E-state index in [1.165, 1.54) is 18.3 Å². The molecule has 0 bridgehead atoms. The molecule has 0 spiro atoms. The minimum absolute atomic E-state index is 0. The van der Waals surface area contributed by atoms with Crippen molar-refractivity contribution in [3.05, 3.63) is 101 Å². The van der Waals surface area contributed by atoms with Crippen LogP contribution in [0.3, 0.4) is 0 Å². The number of aliphatic hydroxyl groups excluding tert-OH is 1. The Kier molecular flexibility index (Phi) is 8.57. The molecule has 2 fully saturated rings.